The summed E-state index contributed by atoms with van der Waals surface area (Å²) in [6.45, 7) is 6.06. The molecule has 0 N–H and O–H groups in total. The number of hydrogen-bond donors (Lipinski definition) is 0. The molecule has 0 radical (unpaired) electrons. The van der Waals surface area contributed by atoms with Crippen LogP contribution in [-0.2, 0) is 19.1 Å². The van der Waals surface area contributed by atoms with Crippen LogP contribution < -0.4 is 18.9 Å². The number of rotatable bonds is 12. The van der Waals surface area contributed by atoms with Gasteiger partial charge in [-0.1, -0.05) is 13.2 Å². The lowest BCUT2D eigenvalue weighted by molar-refractivity contribution is -0.145. The summed E-state index contributed by atoms with van der Waals surface area (Å²) >= 11 is 0. The monoisotopic (exact) mass is 584 g/mol. The molecule has 2 bridgehead atoms. The summed E-state index contributed by atoms with van der Waals surface area (Å²) < 4.78 is 31.9. The van der Waals surface area contributed by atoms with E-state index in [0.29, 0.717) is 34.1 Å². The van der Waals surface area contributed by atoms with Crippen molar-refractivity contribution in [1.29, 1.82) is 0 Å². The first-order valence-corrected chi connectivity index (χ1v) is 13.5. The van der Waals surface area contributed by atoms with Gasteiger partial charge in [0.1, 0.15) is 23.0 Å². The molecule has 10 nitrogen and oxygen atoms in total. The highest BCUT2D eigenvalue weighted by Gasteiger charge is 2.42. The smallest absolute Gasteiger partial charge is 0.343 e. The number of fused-ring (bicyclic) bond motifs is 5. The standard InChI is InChI=1S/C33H28O10/c1-3-28(34)40-18-38-24-11-7-20(8-12-24)32(36)42-26-15-16-27(31-23-6-5-22(17-23)30(26)31)43-33(37)21-9-13-25(14-10-21)39-19-41-29(35)4-2/h3-4,7-16,22-23H,1-2,5-6,17-19H2. The number of ether oxygens (including phenoxy) is 6. The molecule has 220 valence electrons. The molecule has 1 fully saturated rings. The van der Waals surface area contributed by atoms with Crippen LogP contribution in [0.4, 0.5) is 0 Å². The highest BCUT2D eigenvalue weighted by atomic mass is 16.7. The Labute approximate surface area is 247 Å². The Kier molecular flexibility index (Phi) is 8.85. The van der Waals surface area contributed by atoms with Gasteiger partial charge in [-0.05, 0) is 91.8 Å². The minimum atomic E-state index is -0.603. The topological polar surface area (TPSA) is 124 Å². The lowest BCUT2D eigenvalue weighted by Gasteiger charge is -2.21. The normalized spacial score (nSPS) is 15.9. The van der Waals surface area contributed by atoms with Gasteiger partial charge in [-0.15, -0.1) is 0 Å². The van der Waals surface area contributed by atoms with Crippen molar-refractivity contribution in [2.45, 2.75) is 31.1 Å². The maximum absolute atomic E-state index is 13.0. The van der Waals surface area contributed by atoms with Crippen molar-refractivity contribution >= 4 is 23.9 Å². The molecule has 3 aromatic rings. The zero-order valence-electron chi connectivity index (χ0n) is 23.1. The van der Waals surface area contributed by atoms with Crippen LogP contribution in [0.1, 0.15) is 62.9 Å². The van der Waals surface area contributed by atoms with Crippen molar-refractivity contribution in [3.63, 3.8) is 0 Å². The molecule has 1 saturated carbocycles. The van der Waals surface area contributed by atoms with E-state index in [1.54, 1.807) is 60.7 Å². The summed E-state index contributed by atoms with van der Waals surface area (Å²) in [6.07, 6.45) is 4.90. The van der Waals surface area contributed by atoms with Crippen molar-refractivity contribution in [3.05, 3.63) is 108 Å². The van der Waals surface area contributed by atoms with Gasteiger partial charge in [0.15, 0.2) is 0 Å². The maximum atomic E-state index is 13.0. The van der Waals surface area contributed by atoms with E-state index in [-0.39, 0.29) is 25.4 Å². The van der Waals surface area contributed by atoms with Crippen LogP contribution in [0.3, 0.4) is 0 Å². The van der Waals surface area contributed by atoms with Crippen LogP contribution in [0.15, 0.2) is 86.0 Å². The number of hydrogen-bond acceptors (Lipinski definition) is 10. The lowest BCUT2D eigenvalue weighted by atomic mass is 9.90. The molecular weight excluding hydrogens is 556 g/mol. The van der Waals surface area contributed by atoms with E-state index in [1.807, 2.05) is 0 Å². The first-order valence-electron chi connectivity index (χ1n) is 13.5. The molecule has 0 saturated heterocycles. The first-order chi connectivity index (χ1) is 20.9. The molecule has 0 aromatic heterocycles. The van der Waals surface area contributed by atoms with Crippen molar-refractivity contribution in [3.8, 4) is 23.0 Å². The Bertz CT molecular complexity index is 1440. The molecule has 0 heterocycles. The van der Waals surface area contributed by atoms with E-state index >= 15 is 0 Å². The van der Waals surface area contributed by atoms with Crippen molar-refractivity contribution < 1.29 is 47.6 Å². The summed E-state index contributed by atoms with van der Waals surface area (Å²) in [5.41, 5.74) is 2.43. The highest BCUT2D eigenvalue weighted by molar-refractivity contribution is 5.92. The number of carbonyl (C=O) groups is 4. The van der Waals surface area contributed by atoms with Crippen LogP contribution in [0.25, 0.3) is 0 Å². The minimum Gasteiger partial charge on any atom is -0.457 e. The van der Waals surface area contributed by atoms with Crippen LogP contribution in [0.5, 0.6) is 23.0 Å². The second-order valence-corrected chi connectivity index (χ2v) is 9.78. The number of carbonyl (C=O) groups excluding carboxylic acids is 4. The molecule has 2 aliphatic carbocycles. The molecule has 0 aliphatic heterocycles. The zero-order chi connectivity index (χ0) is 30.3. The summed E-state index contributed by atoms with van der Waals surface area (Å²) in [5.74, 6) is -0.152. The molecule has 3 aromatic carbocycles. The minimum absolute atomic E-state index is 0.210. The highest BCUT2D eigenvalue weighted by Crippen LogP contribution is 2.58. The summed E-state index contributed by atoms with van der Waals surface area (Å²) in [6, 6.07) is 15.8. The molecule has 10 heteroatoms. The van der Waals surface area contributed by atoms with E-state index in [0.717, 1.165) is 42.5 Å². The third-order valence-corrected chi connectivity index (χ3v) is 7.23. The van der Waals surface area contributed by atoms with Crippen LogP contribution >= 0.6 is 0 Å². The van der Waals surface area contributed by atoms with Crippen LogP contribution in [0, 0.1) is 0 Å². The van der Waals surface area contributed by atoms with Gasteiger partial charge in [0.2, 0.25) is 13.6 Å². The summed E-state index contributed by atoms with van der Waals surface area (Å²) in [4.78, 5) is 48.2. The van der Waals surface area contributed by atoms with E-state index in [1.165, 1.54) is 0 Å². The molecule has 2 atom stereocenters. The quantitative estimate of drug-likeness (QED) is 0.115. The van der Waals surface area contributed by atoms with E-state index in [9.17, 15) is 19.2 Å². The molecule has 43 heavy (non-hydrogen) atoms. The zero-order valence-corrected chi connectivity index (χ0v) is 23.1. The third-order valence-electron chi connectivity index (χ3n) is 7.23. The third kappa shape index (κ3) is 6.75. The van der Waals surface area contributed by atoms with Crippen molar-refractivity contribution in [2.75, 3.05) is 13.6 Å². The number of esters is 4. The summed E-state index contributed by atoms with van der Waals surface area (Å²) in [7, 11) is 0. The average molecular weight is 585 g/mol. The van der Waals surface area contributed by atoms with Gasteiger partial charge in [0.05, 0.1) is 11.1 Å². The molecule has 5 rings (SSSR count). The lowest BCUT2D eigenvalue weighted by Crippen LogP contribution is -2.14. The second kappa shape index (κ2) is 13.1. The van der Waals surface area contributed by atoms with E-state index in [2.05, 4.69) is 13.2 Å². The van der Waals surface area contributed by atoms with Gasteiger partial charge < -0.3 is 28.4 Å². The first kappa shape index (κ1) is 29.1. The van der Waals surface area contributed by atoms with Crippen molar-refractivity contribution in [1.82, 2.24) is 0 Å². The van der Waals surface area contributed by atoms with Gasteiger partial charge in [-0.25, -0.2) is 19.2 Å². The molecular formula is C33H28O10. The summed E-state index contributed by atoms with van der Waals surface area (Å²) in [5, 5.41) is 0. The van der Waals surface area contributed by atoms with E-state index in [4.69, 9.17) is 28.4 Å². The maximum Gasteiger partial charge on any atom is 0.343 e. The molecule has 2 unspecified atom stereocenters. The Morgan fingerprint density at radius 3 is 1.40 bits per heavy atom. The molecule has 0 amide bonds. The molecule has 0 spiro atoms. The van der Waals surface area contributed by atoms with Gasteiger partial charge >= 0.3 is 23.9 Å². The average Bonchev–Trinajstić information content (AvgIpc) is 3.66. The Morgan fingerprint density at radius 2 is 1.02 bits per heavy atom. The van der Waals surface area contributed by atoms with E-state index < -0.39 is 23.9 Å². The fraction of sp³-hybridized carbons (Fsp3) is 0.212. The largest absolute Gasteiger partial charge is 0.457 e. The Hall–Kier alpha value is -5.38. The van der Waals surface area contributed by atoms with Gasteiger partial charge in [0.25, 0.3) is 0 Å². The Balaban J connectivity index is 1.25. The van der Waals surface area contributed by atoms with Crippen molar-refractivity contribution in [2.24, 2.45) is 0 Å². The van der Waals surface area contributed by atoms with Gasteiger partial charge in [-0.2, -0.15) is 0 Å². The molecule has 2 aliphatic rings. The predicted molar refractivity (Wildman–Crippen MR) is 152 cm³/mol. The SMILES string of the molecule is C=CC(=O)OCOc1ccc(C(=O)Oc2ccc(OC(=O)c3ccc(OCOC(=O)C=C)cc3)c3c2C2CCC3C2)cc1. The second-order valence-electron chi connectivity index (χ2n) is 9.78. The predicted octanol–water partition coefficient (Wildman–Crippen LogP) is 5.62. The van der Waals surface area contributed by atoms with Gasteiger partial charge in [-0.3, -0.25) is 0 Å². The fourth-order valence-corrected chi connectivity index (χ4v) is 5.24. The van der Waals surface area contributed by atoms with Crippen LogP contribution in [0.2, 0.25) is 0 Å². The van der Waals surface area contributed by atoms with Gasteiger partial charge in [0, 0.05) is 23.3 Å². The number of benzene rings is 3. The van der Waals surface area contributed by atoms with Crippen LogP contribution in [-0.4, -0.2) is 37.5 Å². The fourth-order valence-electron chi connectivity index (χ4n) is 5.24. The Morgan fingerprint density at radius 1 is 0.628 bits per heavy atom.